The molecule has 1 aromatic carbocycles. The van der Waals surface area contributed by atoms with Gasteiger partial charge in [0.2, 0.25) is 0 Å². The molecule has 0 saturated heterocycles. The highest BCUT2D eigenvalue weighted by Crippen LogP contribution is 2.23. The van der Waals surface area contributed by atoms with Crippen molar-refractivity contribution in [3.05, 3.63) is 50.4 Å². The lowest BCUT2D eigenvalue weighted by atomic mass is 10.2. The summed E-state index contributed by atoms with van der Waals surface area (Å²) in [6.45, 7) is 0.250. The molecule has 0 aliphatic carbocycles. The molecule has 1 aromatic heterocycles. The number of hydrogen-bond donors (Lipinski definition) is 1. The highest BCUT2D eigenvalue weighted by Gasteiger charge is 2.09. The normalized spacial score (nSPS) is 10.3. The number of carboxylic acids is 1. The van der Waals surface area contributed by atoms with Gasteiger partial charge < -0.3 is 9.84 Å². The molecule has 0 spiro atoms. The Hall–Kier alpha value is -1.40. The number of hydrogen-bond acceptors (Lipinski definition) is 3. The summed E-state index contributed by atoms with van der Waals surface area (Å²) in [4.78, 5) is 11.6. The molecular weight excluding hydrogens is 323 g/mol. The van der Waals surface area contributed by atoms with E-state index >= 15 is 0 Å². The van der Waals surface area contributed by atoms with Gasteiger partial charge in [0.1, 0.15) is 6.61 Å². The van der Waals surface area contributed by atoms with E-state index in [0.717, 1.165) is 15.4 Å². The molecule has 3 nitrogen and oxygen atoms in total. The number of benzene rings is 1. The highest BCUT2D eigenvalue weighted by atomic mass is 79.9. The zero-order valence-electron chi connectivity index (χ0n) is 9.02. The third-order valence-electron chi connectivity index (χ3n) is 2.17. The van der Waals surface area contributed by atoms with Crippen LogP contribution in [-0.4, -0.2) is 11.1 Å². The molecule has 0 fully saturated rings. The van der Waals surface area contributed by atoms with Crippen LogP contribution in [0.3, 0.4) is 0 Å². The van der Waals surface area contributed by atoms with E-state index in [1.165, 1.54) is 23.5 Å². The maximum atomic E-state index is 13.5. The minimum absolute atomic E-state index is 0.0459. The van der Waals surface area contributed by atoms with E-state index in [9.17, 15) is 9.18 Å². The van der Waals surface area contributed by atoms with Crippen molar-refractivity contribution < 1.29 is 19.0 Å². The highest BCUT2D eigenvalue weighted by molar-refractivity contribution is 9.10. The van der Waals surface area contributed by atoms with Crippen molar-refractivity contribution in [3.63, 3.8) is 0 Å². The summed E-state index contributed by atoms with van der Waals surface area (Å²) < 4.78 is 19.8. The first-order valence-corrected chi connectivity index (χ1v) is 6.62. The topological polar surface area (TPSA) is 46.5 Å². The van der Waals surface area contributed by atoms with Gasteiger partial charge in [0, 0.05) is 14.7 Å². The average Bonchev–Trinajstić information content (AvgIpc) is 2.73. The largest absolute Gasteiger partial charge is 0.485 e. The fourth-order valence-electron chi connectivity index (χ4n) is 1.33. The summed E-state index contributed by atoms with van der Waals surface area (Å²) in [6, 6.07) is 5.46. The Balaban J connectivity index is 2.08. The Morgan fingerprint density at radius 2 is 2.22 bits per heavy atom. The molecule has 0 atom stereocenters. The van der Waals surface area contributed by atoms with E-state index in [4.69, 9.17) is 9.84 Å². The summed E-state index contributed by atoms with van der Waals surface area (Å²) in [5, 5.41) is 10.6. The van der Waals surface area contributed by atoms with Crippen molar-refractivity contribution in [2.45, 2.75) is 6.61 Å². The standard InChI is InChI=1S/C12H8BrFO3S/c13-8-4-9(18-6-8)5-17-11-2-1-7(12(15)16)3-10(11)14/h1-4,6H,5H2,(H,15,16). The smallest absolute Gasteiger partial charge is 0.335 e. The van der Waals surface area contributed by atoms with Crippen LogP contribution in [-0.2, 0) is 6.61 Å². The first-order valence-electron chi connectivity index (χ1n) is 4.95. The van der Waals surface area contributed by atoms with Gasteiger partial charge in [-0.15, -0.1) is 11.3 Å². The van der Waals surface area contributed by atoms with Crippen molar-refractivity contribution in [1.82, 2.24) is 0 Å². The molecule has 0 unspecified atom stereocenters. The number of rotatable bonds is 4. The zero-order chi connectivity index (χ0) is 13.1. The monoisotopic (exact) mass is 330 g/mol. The SMILES string of the molecule is O=C(O)c1ccc(OCc2cc(Br)cs2)c(F)c1. The Bertz CT molecular complexity index is 582. The van der Waals surface area contributed by atoms with Crippen LogP contribution in [0.1, 0.15) is 15.2 Å². The maximum absolute atomic E-state index is 13.5. The fraction of sp³-hybridized carbons (Fsp3) is 0.0833. The molecule has 1 heterocycles. The van der Waals surface area contributed by atoms with Crippen LogP contribution in [0.15, 0.2) is 34.1 Å². The van der Waals surface area contributed by atoms with Crippen LogP contribution < -0.4 is 4.74 Å². The maximum Gasteiger partial charge on any atom is 0.335 e. The van der Waals surface area contributed by atoms with Crippen LogP contribution >= 0.6 is 27.3 Å². The summed E-state index contributed by atoms with van der Waals surface area (Å²) in [6.07, 6.45) is 0. The van der Waals surface area contributed by atoms with E-state index in [-0.39, 0.29) is 17.9 Å². The third kappa shape index (κ3) is 3.08. The van der Waals surface area contributed by atoms with Crippen molar-refractivity contribution >= 4 is 33.2 Å². The lowest BCUT2D eigenvalue weighted by Crippen LogP contribution is -2.00. The predicted octanol–water partition coefficient (Wildman–Crippen LogP) is 3.93. The number of halogens is 2. The second-order valence-corrected chi connectivity index (χ2v) is 5.38. The van der Waals surface area contributed by atoms with E-state index in [1.54, 1.807) is 0 Å². The van der Waals surface area contributed by atoms with E-state index in [1.807, 2.05) is 11.4 Å². The molecule has 0 amide bonds. The lowest BCUT2D eigenvalue weighted by molar-refractivity contribution is 0.0696. The Morgan fingerprint density at radius 1 is 1.44 bits per heavy atom. The van der Waals surface area contributed by atoms with Crippen molar-refractivity contribution in [1.29, 1.82) is 0 Å². The van der Waals surface area contributed by atoms with Crippen LogP contribution in [0.5, 0.6) is 5.75 Å². The Labute approximate surface area is 115 Å². The van der Waals surface area contributed by atoms with E-state index in [0.29, 0.717) is 0 Å². The molecule has 2 rings (SSSR count). The van der Waals surface area contributed by atoms with Crippen LogP contribution in [0, 0.1) is 5.82 Å². The Morgan fingerprint density at radius 3 is 2.78 bits per heavy atom. The molecule has 0 radical (unpaired) electrons. The zero-order valence-corrected chi connectivity index (χ0v) is 11.4. The van der Waals surface area contributed by atoms with Gasteiger partial charge in [-0.2, -0.15) is 0 Å². The summed E-state index contributed by atoms with van der Waals surface area (Å²) in [5.74, 6) is -1.79. The summed E-state index contributed by atoms with van der Waals surface area (Å²) in [7, 11) is 0. The number of carboxylic acid groups (broad SMARTS) is 1. The van der Waals surface area contributed by atoms with E-state index < -0.39 is 11.8 Å². The molecular formula is C12H8BrFO3S. The molecule has 18 heavy (non-hydrogen) atoms. The molecule has 0 aliphatic rings. The second-order valence-electron chi connectivity index (χ2n) is 3.47. The number of carbonyl (C=O) groups is 1. The molecule has 6 heteroatoms. The average molecular weight is 331 g/mol. The second kappa shape index (κ2) is 5.49. The van der Waals surface area contributed by atoms with Gasteiger partial charge in [0.15, 0.2) is 11.6 Å². The van der Waals surface area contributed by atoms with Crippen LogP contribution in [0.25, 0.3) is 0 Å². The van der Waals surface area contributed by atoms with Crippen molar-refractivity contribution in [2.75, 3.05) is 0 Å². The minimum Gasteiger partial charge on any atom is -0.485 e. The van der Waals surface area contributed by atoms with Gasteiger partial charge in [-0.05, 0) is 40.2 Å². The third-order valence-corrected chi connectivity index (χ3v) is 3.84. The first kappa shape index (κ1) is 13.0. The Kier molecular flexibility index (Phi) is 3.98. The predicted molar refractivity (Wildman–Crippen MR) is 69.7 cm³/mol. The van der Waals surface area contributed by atoms with Gasteiger partial charge in [-0.25, -0.2) is 9.18 Å². The number of ether oxygens (including phenoxy) is 1. The van der Waals surface area contributed by atoms with Gasteiger partial charge in [0.25, 0.3) is 0 Å². The molecule has 2 aromatic rings. The van der Waals surface area contributed by atoms with E-state index in [2.05, 4.69) is 15.9 Å². The van der Waals surface area contributed by atoms with Crippen LogP contribution in [0.4, 0.5) is 4.39 Å². The van der Waals surface area contributed by atoms with Gasteiger partial charge in [0.05, 0.1) is 5.56 Å². The lowest BCUT2D eigenvalue weighted by Gasteiger charge is -2.06. The van der Waals surface area contributed by atoms with Crippen LogP contribution in [0.2, 0.25) is 0 Å². The van der Waals surface area contributed by atoms with Gasteiger partial charge in [-0.3, -0.25) is 0 Å². The summed E-state index contributed by atoms with van der Waals surface area (Å²) >= 11 is 4.81. The number of thiophene rings is 1. The van der Waals surface area contributed by atoms with Gasteiger partial charge >= 0.3 is 5.97 Å². The summed E-state index contributed by atoms with van der Waals surface area (Å²) in [5.41, 5.74) is -0.0984. The molecule has 0 saturated carbocycles. The first-order chi connectivity index (χ1) is 8.56. The molecule has 0 aliphatic heterocycles. The van der Waals surface area contributed by atoms with Gasteiger partial charge in [-0.1, -0.05) is 0 Å². The molecule has 1 N–H and O–H groups in total. The quantitative estimate of drug-likeness (QED) is 0.923. The van der Waals surface area contributed by atoms with Crippen molar-refractivity contribution in [2.24, 2.45) is 0 Å². The minimum atomic E-state index is -1.16. The van der Waals surface area contributed by atoms with Crippen molar-refractivity contribution in [3.8, 4) is 5.75 Å². The molecule has 0 bridgehead atoms. The fourth-order valence-corrected chi connectivity index (χ4v) is 2.69. The number of aromatic carboxylic acids is 1. The molecule has 94 valence electrons.